The van der Waals surface area contributed by atoms with Crippen LogP contribution < -0.4 is 11.1 Å². The van der Waals surface area contributed by atoms with E-state index in [-0.39, 0.29) is 11.8 Å². The number of aromatic nitrogens is 1. The van der Waals surface area contributed by atoms with Crippen LogP contribution in [-0.2, 0) is 16.9 Å². The van der Waals surface area contributed by atoms with Crippen LogP contribution in [0.3, 0.4) is 0 Å². The van der Waals surface area contributed by atoms with Gasteiger partial charge >= 0.3 is 5.76 Å². The minimum absolute atomic E-state index is 0.00786. The van der Waals surface area contributed by atoms with Gasteiger partial charge in [-0.25, -0.2) is 13.2 Å². The number of rotatable bonds is 4. The van der Waals surface area contributed by atoms with Crippen molar-refractivity contribution in [2.24, 2.45) is 7.05 Å². The minimum atomic E-state index is -3.10. The summed E-state index contributed by atoms with van der Waals surface area (Å²) in [6.45, 7) is 0. The van der Waals surface area contributed by atoms with Crippen LogP contribution >= 0.6 is 0 Å². The van der Waals surface area contributed by atoms with Crippen LogP contribution in [0.15, 0.2) is 27.4 Å². The van der Waals surface area contributed by atoms with Crippen molar-refractivity contribution >= 4 is 20.9 Å². The fourth-order valence-corrected chi connectivity index (χ4v) is 2.98. The Kier molecular flexibility index (Phi) is 3.51. The second-order valence-corrected chi connectivity index (χ2v) is 6.77. The molecule has 2 aromatic rings. The molecule has 1 heterocycles. The average Bonchev–Trinajstić information content (AvgIpc) is 2.60. The summed E-state index contributed by atoms with van der Waals surface area (Å²) in [6, 6.07) is 4.92. The zero-order valence-electron chi connectivity index (χ0n) is 11.0. The molecular weight excluding hydrogens is 268 g/mol. The first-order chi connectivity index (χ1) is 8.81. The van der Waals surface area contributed by atoms with E-state index in [0.717, 1.165) is 5.56 Å². The molecule has 104 valence electrons. The normalized spacial score (nSPS) is 13.8. The number of hydrogen-bond donors (Lipinski definition) is 1. The van der Waals surface area contributed by atoms with Gasteiger partial charge in [0.15, 0.2) is 5.58 Å². The van der Waals surface area contributed by atoms with Crippen molar-refractivity contribution < 1.29 is 12.8 Å². The van der Waals surface area contributed by atoms with Crippen molar-refractivity contribution in [2.75, 3.05) is 19.1 Å². The zero-order chi connectivity index (χ0) is 14.2. The first-order valence-electron chi connectivity index (χ1n) is 5.76. The Hall–Kier alpha value is -1.60. The first kappa shape index (κ1) is 13.8. The highest BCUT2D eigenvalue weighted by atomic mass is 32.2. The lowest BCUT2D eigenvalue weighted by molar-refractivity contribution is 0.527. The van der Waals surface area contributed by atoms with E-state index >= 15 is 0 Å². The molecule has 0 amide bonds. The summed E-state index contributed by atoms with van der Waals surface area (Å²) in [7, 11) is 0.221. The van der Waals surface area contributed by atoms with Gasteiger partial charge in [0.2, 0.25) is 0 Å². The minimum Gasteiger partial charge on any atom is -0.408 e. The van der Waals surface area contributed by atoms with E-state index < -0.39 is 15.6 Å². The molecule has 1 N–H and O–H groups in total. The van der Waals surface area contributed by atoms with Crippen LogP contribution in [0.1, 0.15) is 11.6 Å². The van der Waals surface area contributed by atoms with Gasteiger partial charge in [-0.05, 0) is 24.7 Å². The number of fused-ring (bicyclic) bond motifs is 1. The Morgan fingerprint density at radius 1 is 1.42 bits per heavy atom. The van der Waals surface area contributed by atoms with E-state index in [9.17, 15) is 13.2 Å². The third-order valence-corrected chi connectivity index (χ3v) is 3.98. The Bertz CT molecular complexity index is 758. The third-order valence-electron chi connectivity index (χ3n) is 3.04. The maximum Gasteiger partial charge on any atom is 0.419 e. The summed E-state index contributed by atoms with van der Waals surface area (Å²) in [5.41, 5.74) is 1.91. The summed E-state index contributed by atoms with van der Waals surface area (Å²) in [6.07, 6.45) is 1.19. The molecule has 2 rings (SSSR count). The molecule has 1 aromatic carbocycles. The van der Waals surface area contributed by atoms with Gasteiger partial charge in [0.1, 0.15) is 9.84 Å². The quantitative estimate of drug-likeness (QED) is 0.881. The molecule has 1 atom stereocenters. The molecule has 0 aliphatic carbocycles. The Morgan fingerprint density at radius 2 is 2.11 bits per heavy atom. The number of benzene rings is 1. The molecule has 19 heavy (non-hydrogen) atoms. The largest absolute Gasteiger partial charge is 0.419 e. The second-order valence-electron chi connectivity index (χ2n) is 4.59. The number of sulfone groups is 1. The van der Waals surface area contributed by atoms with Crippen molar-refractivity contribution in [3.8, 4) is 0 Å². The summed E-state index contributed by atoms with van der Waals surface area (Å²) >= 11 is 0. The molecule has 1 unspecified atom stereocenters. The van der Waals surface area contributed by atoms with E-state index in [2.05, 4.69) is 5.32 Å². The summed E-state index contributed by atoms with van der Waals surface area (Å²) in [5, 5.41) is 2.96. The maximum atomic E-state index is 11.4. The average molecular weight is 284 g/mol. The van der Waals surface area contributed by atoms with Crippen LogP contribution in [-0.4, -0.2) is 32.0 Å². The topological polar surface area (TPSA) is 81.3 Å². The fourth-order valence-electron chi connectivity index (χ4n) is 2.02. The number of nitrogens with zero attached hydrogens (tertiary/aromatic N) is 1. The SMILES string of the molecule is CNC(CS(C)(=O)=O)c1ccc2c(c1)oc(=O)n2C. The number of oxazole rings is 1. The highest BCUT2D eigenvalue weighted by Crippen LogP contribution is 2.20. The van der Waals surface area contributed by atoms with E-state index in [1.807, 2.05) is 0 Å². The maximum absolute atomic E-state index is 11.4. The Labute approximate surface area is 110 Å². The highest BCUT2D eigenvalue weighted by Gasteiger charge is 2.17. The molecule has 0 saturated heterocycles. The van der Waals surface area contributed by atoms with Crippen molar-refractivity contribution in [3.63, 3.8) is 0 Å². The number of hydrogen-bond acceptors (Lipinski definition) is 5. The lowest BCUT2D eigenvalue weighted by Gasteiger charge is -2.15. The van der Waals surface area contributed by atoms with Gasteiger partial charge in [-0.1, -0.05) is 6.07 Å². The molecule has 0 radical (unpaired) electrons. The smallest absolute Gasteiger partial charge is 0.408 e. The van der Waals surface area contributed by atoms with Gasteiger partial charge in [0.25, 0.3) is 0 Å². The summed E-state index contributed by atoms with van der Waals surface area (Å²) in [4.78, 5) is 11.4. The fraction of sp³-hybridized carbons (Fsp3) is 0.417. The van der Waals surface area contributed by atoms with E-state index in [1.54, 1.807) is 32.3 Å². The Morgan fingerprint density at radius 3 is 2.68 bits per heavy atom. The molecule has 0 saturated carbocycles. The lowest BCUT2D eigenvalue weighted by atomic mass is 10.1. The predicted octanol–water partition coefficient (Wildman–Crippen LogP) is 0.437. The molecule has 1 aromatic heterocycles. The molecule has 0 fully saturated rings. The van der Waals surface area contributed by atoms with E-state index in [1.165, 1.54) is 10.8 Å². The van der Waals surface area contributed by atoms with Crippen LogP contribution in [0, 0.1) is 0 Å². The van der Waals surface area contributed by atoms with Crippen LogP contribution in [0.5, 0.6) is 0 Å². The predicted molar refractivity (Wildman–Crippen MR) is 73.0 cm³/mol. The Balaban J connectivity index is 2.47. The van der Waals surface area contributed by atoms with Crippen LogP contribution in [0.25, 0.3) is 11.1 Å². The van der Waals surface area contributed by atoms with Gasteiger partial charge in [0, 0.05) is 19.3 Å². The summed E-state index contributed by atoms with van der Waals surface area (Å²) < 4.78 is 29.3. The molecular formula is C12H16N2O4S. The lowest BCUT2D eigenvalue weighted by Crippen LogP contribution is -2.24. The van der Waals surface area contributed by atoms with Crippen molar-refractivity contribution in [1.29, 1.82) is 0 Å². The van der Waals surface area contributed by atoms with Crippen molar-refractivity contribution in [3.05, 3.63) is 34.3 Å². The number of nitrogens with one attached hydrogen (secondary N) is 1. The number of aryl methyl sites for hydroxylation is 1. The van der Waals surface area contributed by atoms with Crippen LogP contribution in [0.4, 0.5) is 0 Å². The monoisotopic (exact) mass is 284 g/mol. The van der Waals surface area contributed by atoms with Gasteiger partial charge in [-0.15, -0.1) is 0 Å². The van der Waals surface area contributed by atoms with Gasteiger partial charge < -0.3 is 9.73 Å². The first-order valence-corrected chi connectivity index (χ1v) is 7.82. The van der Waals surface area contributed by atoms with E-state index in [0.29, 0.717) is 11.1 Å². The standard InChI is InChI=1S/C12H16N2O4S/c1-13-9(7-19(3,16)17)8-4-5-10-11(6-8)18-12(15)14(10)2/h4-6,9,13H,7H2,1-3H3. The van der Waals surface area contributed by atoms with Crippen molar-refractivity contribution in [2.45, 2.75) is 6.04 Å². The van der Waals surface area contributed by atoms with Gasteiger partial charge in [-0.2, -0.15) is 0 Å². The zero-order valence-corrected chi connectivity index (χ0v) is 11.8. The molecule has 0 spiro atoms. The molecule has 7 heteroatoms. The second kappa shape index (κ2) is 4.82. The molecule has 0 aliphatic rings. The molecule has 0 aliphatic heterocycles. The molecule has 6 nitrogen and oxygen atoms in total. The van der Waals surface area contributed by atoms with E-state index in [4.69, 9.17) is 4.42 Å². The summed E-state index contributed by atoms with van der Waals surface area (Å²) in [5.74, 6) is -0.442. The van der Waals surface area contributed by atoms with Crippen molar-refractivity contribution in [1.82, 2.24) is 9.88 Å². The van der Waals surface area contributed by atoms with Gasteiger partial charge in [0.05, 0.1) is 11.3 Å². The van der Waals surface area contributed by atoms with Gasteiger partial charge in [-0.3, -0.25) is 4.57 Å². The molecule has 0 bridgehead atoms. The van der Waals surface area contributed by atoms with Crippen LogP contribution in [0.2, 0.25) is 0 Å². The highest BCUT2D eigenvalue weighted by molar-refractivity contribution is 7.90. The third kappa shape index (κ3) is 2.87.